The Labute approximate surface area is 144 Å². The van der Waals surface area contributed by atoms with Crippen LogP contribution in [0.3, 0.4) is 0 Å². The Bertz CT molecular complexity index is 1060. The van der Waals surface area contributed by atoms with Gasteiger partial charge in [-0.1, -0.05) is 18.2 Å². The third kappa shape index (κ3) is 2.94. The highest BCUT2D eigenvalue weighted by Crippen LogP contribution is 2.21. The summed E-state index contributed by atoms with van der Waals surface area (Å²) in [6.07, 6.45) is 2.22. The number of para-hydroxylation sites is 1. The number of aromatic amines is 2. The summed E-state index contributed by atoms with van der Waals surface area (Å²) in [6, 6.07) is 13.7. The zero-order valence-corrected chi connectivity index (χ0v) is 14.1. The van der Waals surface area contributed by atoms with Crippen LogP contribution in [0.5, 0.6) is 0 Å². The van der Waals surface area contributed by atoms with E-state index in [2.05, 4.69) is 20.3 Å². The molecule has 0 aliphatic carbocycles. The van der Waals surface area contributed by atoms with Crippen LogP contribution >= 0.6 is 0 Å². The monoisotopic (exact) mass is 333 g/mol. The molecule has 6 heteroatoms. The molecule has 1 amide bonds. The van der Waals surface area contributed by atoms with Gasteiger partial charge >= 0.3 is 0 Å². The summed E-state index contributed by atoms with van der Waals surface area (Å²) < 4.78 is 0. The highest BCUT2D eigenvalue weighted by molar-refractivity contribution is 5.97. The van der Waals surface area contributed by atoms with Gasteiger partial charge in [0.15, 0.2) is 0 Å². The lowest BCUT2D eigenvalue weighted by Crippen LogP contribution is -2.14. The van der Waals surface area contributed by atoms with E-state index in [1.807, 2.05) is 67.7 Å². The molecule has 4 rings (SSSR count). The largest absolute Gasteiger partial charge is 0.361 e. The second-order valence-electron chi connectivity index (χ2n) is 6.27. The summed E-state index contributed by atoms with van der Waals surface area (Å²) in [4.78, 5) is 25.2. The number of aromatic nitrogens is 3. The molecule has 0 radical (unpaired) electrons. The van der Waals surface area contributed by atoms with Gasteiger partial charge in [-0.25, -0.2) is 4.98 Å². The van der Waals surface area contributed by atoms with Crippen molar-refractivity contribution in [2.75, 3.05) is 24.3 Å². The molecule has 2 aromatic carbocycles. The van der Waals surface area contributed by atoms with Crippen LogP contribution in [0.2, 0.25) is 0 Å². The van der Waals surface area contributed by atoms with Crippen molar-refractivity contribution in [3.63, 3.8) is 0 Å². The zero-order chi connectivity index (χ0) is 17.4. The fourth-order valence-corrected chi connectivity index (χ4v) is 2.94. The smallest absolute Gasteiger partial charge is 0.228 e. The summed E-state index contributed by atoms with van der Waals surface area (Å²) in [5.74, 6) is 0.744. The number of amides is 1. The second kappa shape index (κ2) is 5.98. The molecule has 2 aromatic heterocycles. The van der Waals surface area contributed by atoms with E-state index in [1.54, 1.807) is 0 Å². The average Bonchev–Trinajstić information content (AvgIpc) is 3.19. The Kier molecular flexibility index (Phi) is 3.65. The number of anilines is 2. The lowest BCUT2D eigenvalue weighted by atomic mass is 10.1. The van der Waals surface area contributed by atoms with Gasteiger partial charge in [-0.05, 0) is 29.8 Å². The minimum absolute atomic E-state index is 0.0450. The molecule has 126 valence electrons. The Morgan fingerprint density at radius 2 is 2.00 bits per heavy atom. The van der Waals surface area contributed by atoms with Gasteiger partial charge in [0.2, 0.25) is 11.9 Å². The maximum Gasteiger partial charge on any atom is 0.228 e. The number of benzene rings is 2. The molecule has 0 bridgehead atoms. The Balaban J connectivity index is 1.53. The summed E-state index contributed by atoms with van der Waals surface area (Å²) in [7, 11) is 3.86. The summed E-state index contributed by atoms with van der Waals surface area (Å²) >= 11 is 0. The minimum Gasteiger partial charge on any atom is -0.361 e. The third-order valence-electron chi connectivity index (χ3n) is 4.20. The van der Waals surface area contributed by atoms with Crippen LogP contribution < -0.4 is 10.2 Å². The topological polar surface area (TPSA) is 76.8 Å². The van der Waals surface area contributed by atoms with Gasteiger partial charge in [0, 0.05) is 36.9 Å². The number of hydrogen-bond acceptors (Lipinski definition) is 3. The number of nitrogens with zero attached hydrogens (tertiary/aromatic N) is 2. The van der Waals surface area contributed by atoms with Crippen molar-refractivity contribution in [3.8, 4) is 0 Å². The van der Waals surface area contributed by atoms with Crippen LogP contribution in [0, 0.1) is 0 Å². The zero-order valence-electron chi connectivity index (χ0n) is 14.1. The number of imidazole rings is 1. The number of carbonyl (C=O) groups excluding carboxylic acids is 1. The van der Waals surface area contributed by atoms with Crippen LogP contribution in [0.1, 0.15) is 5.56 Å². The van der Waals surface area contributed by atoms with E-state index < -0.39 is 0 Å². The van der Waals surface area contributed by atoms with Crippen molar-refractivity contribution in [2.24, 2.45) is 0 Å². The van der Waals surface area contributed by atoms with E-state index in [4.69, 9.17) is 0 Å². The minimum atomic E-state index is -0.0450. The van der Waals surface area contributed by atoms with Crippen molar-refractivity contribution in [3.05, 3.63) is 54.2 Å². The van der Waals surface area contributed by atoms with Crippen LogP contribution in [0.15, 0.2) is 48.7 Å². The number of carbonyl (C=O) groups is 1. The molecule has 25 heavy (non-hydrogen) atoms. The van der Waals surface area contributed by atoms with Crippen LogP contribution in [0.25, 0.3) is 21.9 Å². The van der Waals surface area contributed by atoms with E-state index in [-0.39, 0.29) is 5.91 Å². The summed E-state index contributed by atoms with van der Waals surface area (Å²) in [5.41, 5.74) is 4.56. The number of H-pyrrole nitrogens is 2. The van der Waals surface area contributed by atoms with Gasteiger partial charge in [-0.15, -0.1) is 0 Å². The van der Waals surface area contributed by atoms with Crippen LogP contribution in [-0.4, -0.2) is 35.0 Å². The predicted octanol–water partition coefficient (Wildman–Crippen LogP) is 3.29. The van der Waals surface area contributed by atoms with Gasteiger partial charge in [-0.3, -0.25) is 4.79 Å². The predicted molar refractivity (Wildman–Crippen MR) is 101 cm³/mol. The summed E-state index contributed by atoms with van der Waals surface area (Å²) in [5, 5.41) is 4.04. The molecule has 0 unspecified atom stereocenters. The molecule has 4 aromatic rings. The molecule has 0 aliphatic rings. The SMILES string of the molecule is CN(C)c1nc2ccc(NC(=O)Cc3c[nH]c4ccccc34)cc2[nH]1. The first-order chi connectivity index (χ1) is 12.1. The van der Waals surface area contributed by atoms with Crippen molar-refractivity contribution in [2.45, 2.75) is 6.42 Å². The number of nitrogens with one attached hydrogen (secondary N) is 3. The average molecular weight is 333 g/mol. The lowest BCUT2D eigenvalue weighted by molar-refractivity contribution is -0.115. The molecular formula is C19H19N5O. The maximum atomic E-state index is 12.4. The van der Waals surface area contributed by atoms with Crippen molar-refractivity contribution < 1.29 is 4.79 Å². The first kappa shape index (κ1) is 15.3. The lowest BCUT2D eigenvalue weighted by Gasteiger charge is -2.05. The third-order valence-corrected chi connectivity index (χ3v) is 4.20. The van der Waals surface area contributed by atoms with Gasteiger partial charge < -0.3 is 20.2 Å². The molecule has 6 nitrogen and oxygen atoms in total. The Morgan fingerprint density at radius 1 is 1.16 bits per heavy atom. The molecule has 0 saturated carbocycles. The molecule has 0 aliphatic heterocycles. The fraction of sp³-hybridized carbons (Fsp3) is 0.158. The van der Waals surface area contributed by atoms with Crippen molar-refractivity contribution in [1.29, 1.82) is 0 Å². The van der Waals surface area contributed by atoms with E-state index in [0.29, 0.717) is 6.42 Å². The molecule has 0 saturated heterocycles. The first-order valence-electron chi connectivity index (χ1n) is 8.12. The Hall–Kier alpha value is -3.28. The van der Waals surface area contributed by atoms with Gasteiger partial charge in [0.1, 0.15) is 0 Å². The van der Waals surface area contributed by atoms with E-state index in [1.165, 1.54) is 0 Å². The van der Waals surface area contributed by atoms with Gasteiger partial charge in [0.05, 0.1) is 17.5 Å². The highest BCUT2D eigenvalue weighted by atomic mass is 16.1. The number of fused-ring (bicyclic) bond motifs is 2. The standard InChI is InChI=1S/C19H19N5O/c1-24(2)19-22-16-8-7-13(10-17(16)23-19)21-18(25)9-12-11-20-15-6-4-3-5-14(12)15/h3-8,10-11,20H,9H2,1-2H3,(H,21,25)(H,22,23). The molecule has 0 atom stereocenters. The maximum absolute atomic E-state index is 12.4. The molecular weight excluding hydrogens is 314 g/mol. The first-order valence-corrected chi connectivity index (χ1v) is 8.12. The number of hydrogen-bond donors (Lipinski definition) is 3. The van der Waals surface area contributed by atoms with E-state index in [0.717, 1.165) is 39.1 Å². The number of rotatable bonds is 4. The Morgan fingerprint density at radius 3 is 2.84 bits per heavy atom. The normalized spacial score (nSPS) is 11.1. The summed E-state index contributed by atoms with van der Waals surface area (Å²) in [6.45, 7) is 0. The van der Waals surface area contributed by atoms with E-state index in [9.17, 15) is 4.79 Å². The quantitative estimate of drug-likeness (QED) is 0.536. The molecule has 3 N–H and O–H groups in total. The van der Waals surface area contributed by atoms with Gasteiger partial charge in [0.25, 0.3) is 0 Å². The van der Waals surface area contributed by atoms with E-state index >= 15 is 0 Å². The fourth-order valence-electron chi connectivity index (χ4n) is 2.94. The van der Waals surface area contributed by atoms with Crippen LogP contribution in [-0.2, 0) is 11.2 Å². The molecule has 2 heterocycles. The second-order valence-corrected chi connectivity index (χ2v) is 6.27. The molecule has 0 spiro atoms. The van der Waals surface area contributed by atoms with Crippen molar-refractivity contribution >= 4 is 39.5 Å². The highest BCUT2D eigenvalue weighted by Gasteiger charge is 2.10. The van der Waals surface area contributed by atoms with Crippen LogP contribution in [0.4, 0.5) is 11.6 Å². The molecule has 0 fully saturated rings. The van der Waals surface area contributed by atoms with Gasteiger partial charge in [-0.2, -0.15) is 0 Å². The van der Waals surface area contributed by atoms with Crippen molar-refractivity contribution in [1.82, 2.24) is 15.0 Å².